The van der Waals surface area contributed by atoms with Crippen LogP contribution in [0.5, 0.6) is 0 Å². The van der Waals surface area contributed by atoms with E-state index in [1.54, 1.807) is 6.20 Å². The molecule has 3 aromatic rings. The quantitative estimate of drug-likeness (QED) is 0.711. The topological polar surface area (TPSA) is 77.4 Å². The maximum Gasteiger partial charge on any atom is 0.226 e. The third-order valence-electron chi connectivity index (χ3n) is 4.35. The monoisotopic (exact) mass is 354 g/mol. The molecule has 1 saturated heterocycles. The van der Waals surface area contributed by atoms with Gasteiger partial charge in [-0.3, -0.25) is 0 Å². The number of anilines is 1. The highest BCUT2D eigenvalue weighted by Crippen LogP contribution is 2.33. The Morgan fingerprint density at radius 2 is 1.85 bits per heavy atom. The van der Waals surface area contributed by atoms with Crippen LogP contribution in [0.1, 0.15) is 25.3 Å². The summed E-state index contributed by atoms with van der Waals surface area (Å²) in [5, 5.41) is 3.98. The molecule has 4 rings (SSSR count). The molecule has 1 fully saturated rings. The van der Waals surface area contributed by atoms with Gasteiger partial charge in [-0.25, -0.2) is 9.97 Å². The van der Waals surface area contributed by atoms with Gasteiger partial charge in [0.15, 0.2) is 11.5 Å². The van der Waals surface area contributed by atoms with Gasteiger partial charge in [-0.05, 0) is 39.8 Å². The lowest BCUT2D eigenvalue weighted by Crippen LogP contribution is -2.46. The third kappa shape index (κ3) is 3.22. The second-order valence-corrected chi connectivity index (χ2v) is 6.84. The number of morpholine rings is 1. The molecule has 0 spiro atoms. The molecule has 1 aliphatic heterocycles. The van der Waals surface area contributed by atoms with Crippen molar-refractivity contribution in [2.45, 2.75) is 39.9 Å². The zero-order valence-electron chi connectivity index (χ0n) is 15.4. The Bertz CT molecular complexity index is 907. The third-order valence-corrected chi connectivity index (χ3v) is 4.35. The van der Waals surface area contributed by atoms with Crippen molar-refractivity contribution >= 4 is 5.95 Å². The van der Waals surface area contributed by atoms with Gasteiger partial charge in [0.25, 0.3) is 0 Å². The Labute approximate surface area is 152 Å². The van der Waals surface area contributed by atoms with Crippen molar-refractivity contribution < 1.29 is 13.7 Å². The minimum atomic E-state index is 0.133. The molecule has 0 bridgehead atoms. The molecule has 7 heteroatoms. The molecule has 4 heterocycles. The van der Waals surface area contributed by atoms with Crippen molar-refractivity contribution in [3.63, 3.8) is 0 Å². The van der Waals surface area contributed by atoms with Crippen LogP contribution >= 0.6 is 0 Å². The molecule has 2 atom stereocenters. The van der Waals surface area contributed by atoms with Gasteiger partial charge in [0.1, 0.15) is 11.5 Å². The molecule has 0 aromatic carbocycles. The fourth-order valence-electron chi connectivity index (χ4n) is 3.29. The predicted octanol–water partition coefficient (Wildman–Crippen LogP) is 3.62. The van der Waals surface area contributed by atoms with Crippen molar-refractivity contribution in [3.8, 4) is 22.8 Å². The average molecular weight is 354 g/mol. The molecule has 0 aliphatic carbocycles. The van der Waals surface area contributed by atoms with Gasteiger partial charge < -0.3 is 18.6 Å². The smallest absolute Gasteiger partial charge is 0.226 e. The summed E-state index contributed by atoms with van der Waals surface area (Å²) in [4.78, 5) is 11.5. The van der Waals surface area contributed by atoms with Crippen molar-refractivity contribution in [1.29, 1.82) is 0 Å². The van der Waals surface area contributed by atoms with Crippen LogP contribution in [-0.2, 0) is 4.74 Å². The number of ether oxygens (including phenoxy) is 1. The summed E-state index contributed by atoms with van der Waals surface area (Å²) in [6.45, 7) is 9.42. The van der Waals surface area contributed by atoms with Gasteiger partial charge in [-0.1, -0.05) is 5.16 Å². The van der Waals surface area contributed by atoms with E-state index in [0.29, 0.717) is 23.2 Å². The van der Waals surface area contributed by atoms with E-state index in [-0.39, 0.29) is 12.2 Å². The van der Waals surface area contributed by atoms with E-state index >= 15 is 0 Å². The minimum absolute atomic E-state index is 0.133. The molecule has 0 N–H and O–H groups in total. The van der Waals surface area contributed by atoms with E-state index in [9.17, 15) is 0 Å². The molecular formula is C19H22N4O3. The largest absolute Gasteiger partial charge is 0.460 e. The molecule has 0 saturated carbocycles. The zero-order valence-corrected chi connectivity index (χ0v) is 15.4. The standard InChI is InChI=1S/C19H22N4O3/c1-11-7-17(26-22-11)15-8-20-19(23-9-13(3)24-14(4)10-23)21-18(15)16-6-5-12(2)25-16/h5-8,13-14H,9-10H2,1-4H3. The van der Waals surface area contributed by atoms with E-state index in [0.717, 1.165) is 30.1 Å². The van der Waals surface area contributed by atoms with Gasteiger partial charge in [-0.15, -0.1) is 0 Å². The SMILES string of the molecule is Cc1cc(-c2cnc(N3CC(C)OC(C)C3)nc2-c2ccc(C)o2)on1. The van der Waals surface area contributed by atoms with Crippen LogP contribution in [0.4, 0.5) is 5.95 Å². The van der Waals surface area contributed by atoms with Gasteiger partial charge in [0.2, 0.25) is 5.95 Å². The summed E-state index contributed by atoms with van der Waals surface area (Å²) in [6, 6.07) is 5.71. The van der Waals surface area contributed by atoms with Gasteiger partial charge in [0, 0.05) is 25.4 Å². The van der Waals surface area contributed by atoms with Crippen molar-refractivity contribution in [2.24, 2.45) is 0 Å². The summed E-state index contributed by atoms with van der Waals surface area (Å²) in [5.41, 5.74) is 2.27. The predicted molar refractivity (Wildman–Crippen MR) is 96.9 cm³/mol. The molecule has 1 aliphatic rings. The number of hydrogen-bond donors (Lipinski definition) is 0. The highest BCUT2D eigenvalue weighted by Gasteiger charge is 2.26. The number of rotatable bonds is 3. The van der Waals surface area contributed by atoms with E-state index in [1.165, 1.54) is 0 Å². The summed E-state index contributed by atoms with van der Waals surface area (Å²) in [5.74, 6) is 2.80. The Morgan fingerprint density at radius 3 is 2.46 bits per heavy atom. The van der Waals surface area contributed by atoms with Crippen LogP contribution in [0, 0.1) is 13.8 Å². The number of hydrogen-bond acceptors (Lipinski definition) is 7. The molecule has 26 heavy (non-hydrogen) atoms. The summed E-state index contributed by atoms with van der Waals surface area (Å²) >= 11 is 0. The molecule has 0 radical (unpaired) electrons. The van der Waals surface area contributed by atoms with E-state index in [1.807, 2.05) is 32.0 Å². The highest BCUT2D eigenvalue weighted by molar-refractivity contribution is 5.76. The van der Waals surface area contributed by atoms with Crippen LogP contribution in [-0.4, -0.2) is 40.4 Å². The van der Waals surface area contributed by atoms with Crippen LogP contribution in [0.2, 0.25) is 0 Å². The number of aromatic nitrogens is 3. The summed E-state index contributed by atoms with van der Waals surface area (Å²) in [6.07, 6.45) is 2.04. The van der Waals surface area contributed by atoms with Crippen LogP contribution < -0.4 is 4.90 Å². The Balaban J connectivity index is 1.79. The number of furan rings is 1. The lowest BCUT2D eigenvalue weighted by Gasteiger charge is -2.35. The number of aryl methyl sites for hydroxylation is 2. The van der Waals surface area contributed by atoms with Crippen LogP contribution in [0.25, 0.3) is 22.8 Å². The van der Waals surface area contributed by atoms with Crippen LogP contribution in [0.15, 0.2) is 33.3 Å². The van der Waals surface area contributed by atoms with Crippen molar-refractivity contribution in [2.75, 3.05) is 18.0 Å². The second kappa shape index (κ2) is 6.57. The molecule has 2 unspecified atom stereocenters. The molecular weight excluding hydrogens is 332 g/mol. The fraction of sp³-hybridized carbons (Fsp3) is 0.421. The van der Waals surface area contributed by atoms with E-state index in [2.05, 4.69) is 28.9 Å². The Morgan fingerprint density at radius 1 is 1.08 bits per heavy atom. The lowest BCUT2D eigenvalue weighted by atomic mass is 10.1. The van der Waals surface area contributed by atoms with Gasteiger partial charge >= 0.3 is 0 Å². The van der Waals surface area contributed by atoms with Crippen molar-refractivity contribution in [3.05, 3.63) is 35.9 Å². The minimum Gasteiger partial charge on any atom is -0.460 e. The fourth-order valence-corrected chi connectivity index (χ4v) is 3.29. The highest BCUT2D eigenvalue weighted by atomic mass is 16.5. The van der Waals surface area contributed by atoms with E-state index < -0.39 is 0 Å². The van der Waals surface area contributed by atoms with Gasteiger partial charge in [-0.2, -0.15) is 0 Å². The molecule has 7 nitrogen and oxygen atoms in total. The first kappa shape index (κ1) is 16.8. The summed E-state index contributed by atoms with van der Waals surface area (Å²) < 4.78 is 17.1. The van der Waals surface area contributed by atoms with E-state index in [4.69, 9.17) is 18.7 Å². The van der Waals surface area contributed by atoms with Crippen molar-refractivity contribution in [1.82, 2.24) is 15.1 Å². The lowest BCUT2D eigenvalue weighted by molar-refractivity contribution is -0.00571. The molecule has 3 aromatic heterocycles. The van der Waals surface area contributed by atoms with Crippen LogP contribution in [0.3, 0.4) is 0 Å². The normalized spacial score (nSPS) is 20.5. The molecule has 136 valence electrons. The second-order valence-electron chi connectivity index (χ2n) is 6.84. The summed E-state index contributed by atoms with van der Waals surface area (Å²) in [7, 11) is 0. The maximum absolute atomic E-state index is 5.83. The van der Waals surface area contributed by atoms with Gasteiger partial charge in [0.05, 0.1) is 23.5 Å². The average Bonchev–Trinajstić information content (AvgIpc) is 3.22. The Kier molecular flexibility index (Phi) is 4.24. The first-order valence-electron chi connectivity index (χ1n) is 8.77. The first-order valence-corrected chi connectivity index (χ1v) is 8.77. The first-order chi connectivity index (χ1) is 12.5. The maximum atomic E-state index is 5.83. The Hall–Kier alpha value is -2.67. The molecule has 0 amide bonds. The zero-order chi connectivity index (χ0) is 18.3. The number of nitrogens with zero attached hydrogens (tertiary/aromatic N) is 4.